The largest absolute Gasteiger partial charge is 0.385 e. The standard InChI is InChI=1S/C18H24ClN3O2/c1-13-14-7-4-5-8-15(14)21-16(18(13)19)11-22(2)12-17(23)20-9-6-10-24-3/h4-5,7-8H,6,9-12H2,1-3H3,(H,20,23). The van der Waals surface area contributed by atoms with Crippen molar-refractivity contribution in [3.63, 3.8) is 0 Å². The second kappa shape index (κ2) is 8.97. The third-order valence-corrected chi connectivity index (χ3v) is 4.33. The molecule has 1 aromatic heterocycles. The van der Waals surface area contributed by atoms with E-state index in [1.807, 2.05) is 43.1 Å². The number of hydrogen-bond donors (Lipinski definition) is 1. The number of halogens is 1. The lowest BCUT2D eigenvalue weighted by Gasteiger charge is -2.18. The molecule has 1 amide bonds. The van der Waals surface area contributed by atoms with E-state index in [0.29, 0.717) is 31.3 Å². The van der Waals surface area contributed by atoms with Gasteiger partial charge in [-0.05, 0) is 32.0 Å². The van der Waals surface area contributed by atoms with Crippen LogP contribution < -0.4 is 5.32 Å². The summed E-state index contributed by atoms with van der Waals surface area (Å²) in [6.07, 6.45) is 0.809. The Labute approximate surface area is 148 Å². The quantitative estimate of drug-likeness (QED) is 0.744. The minimum absolute atomic E-state index is 0.0118. The van der Waals surface area contributed by atoms with Crippen LogP contribution in [-0.2, 0) is 16.1 Å². The first-order valence-electron chi connectivity index (χ1n) is 8.00. The van der Waals surface area contributed by atoms with Crippen molar-refractivity contribution in [1.29, 1.82) is 0 Å². The van der Waals surface area contributed by atoms with Crippen LogP contribution >= 0.6 is 11.6 Å². The molecule has 0 atom stereocenters. The second-order valence-electron chi connectivity index (χ2n) is 5.88. The van der Waals surface area contributed by atoms with Crippen LogP contribution in [0.4, 0.5) is 0 Å². The van der Waals surface area contributed by atoms with Crippen molar-refractivity contribution in [2.45, 2.75) is 19.9 Å². The fraction of sp³-hybridized carbons (Fsp3) is 0.444. The average Bonchev–Trinajstić information content (AvgIpc) is 2.56. The van der Waals surface area contributed by atoms with E-state index in [1.54, 1.807) is 7.11 Å². The Balaban J connectivity index is 1.99. The highest BCUT2D eigenvalue weighted by Crippen LogP contribution is 2.27. The highest BCUT2D eigenvalue weighted by molar-refractivity contribution is 6.32. The van der Waals surface area contributed by atoms with Gasteiger partial charge in [0.25, 0.3) is 0 Å². The van der Waals surface area contributed by atoms with Gasteiger partial charge in [0.1, 0.15) is 0 Å². The van der Waals surface area contributed by atoms with Gasteiger partial charge in [0.2, 0.25) is 5.91 Å². The SMILES string of the molecule is COCCCNC(=O)CN(C)Cc1nc2ccccc2c(C)c1Cl. The van der Waals surface area contributed by atoms with E-state index < -0.39 is 0 Å². The maximum Gasteiger partial charge on any atom is 0.234 e. The number of fused-ring (bicyclic) bond motifs is 1. The number of pyridine rings is 1. The molecule has 2 rings (SSSR count). The van der Waals surface area contributed by atoms with Crippen LogP contribution in [-0.4, -0.2) is 49.6 Å². The van der Waals surface area contributed by atoms with E-state index in [2.05, 4.69) is 10.3 Å². The van der Waals surface area contributed by atoms with E-state index in [1.165, 1.54) is 0 Å². The zero-order chi connectivity index (χ0) is 17.5. The molecule has 2 aromatic rings. The van der Waals surface area contributed by atoms with Crippen molar-refractivity contribution in [2.24, 2.45) is 0 Å². The maximum absolute atomic E-state index is 11.9. The summed E-state index contributed by atoms with van der Waals surface area (Å²) in [6.45, 7) is 4.09. The number of nitrogens with one attached hydrogen (secondary N) is 1. The number of aromatic nitrogens is 1. The number of para-hydroxylation sites is 1. The number of likely N-dealkylation sites (N-methyl/N-ethyl adjacent to an activating group) is 1. The number of benzene rings is 1. The Morgan fingerprint density at radius 1 is 1.38 bits per heavy atom. The van der Waals surface area contributed by atoms with Crippen molar-refractivity contribution in [3.05, 3.63) is 40.5 Å². The first-order valence-corrected chi connectivity index (χ1v) is 8.38. The van der Waals surface area contributed by atoms with Gasteiger partial charge in [0.15, 0.2) is 0 Å². The Bertz CT molecular complexity index is 706. The molecule has 0 saturated heterocycles. The molecular formula is C18H24ClN3O2. The summed E-state index contributed by atoms with van der Waals surface area (Å²) in [5.41, 5.74) is 2.74. The number of rotatable bonds is 8. The number of nitrogens with zero attached hydrogens (tertiary/aromatic N) is 2. The molecule has 1 aromatic carbocycles. The molecule has 0 unspecified atom stereocenters. The zero-order valence-electron chi connectivity index (χ0n) is 14.4. The molecule has 1 N–H and O–H groups in total. The van der Waals surface area contributed by atoms with Crippen LogP contribution in [0.5, 0.6) is 0 Å². The van der Waals surface area contributed by atoms with Crippen LogP contribution in [0, 0.1) is 6.92 Å². The van der Waals surface area contributed by atoms with Gasteiger partial charge >= 0.3 is 0 Å². The minimum Gasteiger partial charge on any atom is -0.385 e. The van der Waals surface area contributed by atoms with Gasteiger partial charge in [-0.2, -0.15) is 0 Å². The molecule has 0 bridgehead atoms. The summed E-state index contributed by atoms with van der Waals surface area (Å²) in [7, 11) is 3.54. The fourth-order valence-electron chi connectivity index (χ4n) is 2.58. The number of aryl methyl sites for hydroxylation is 1. The van der Waals surface area contributed by atoms with Gasteiger partial charge in [-0.15, -0.1) is 0 Å². The monoisotopic (exact) mass is 349 g/mol. The fourth-order valence-corrected chi connectivity index (χ4v) is 2.78. The van der Waals surface area contributed by atoms with Crippen LogP contribution in [0.3, 0.4) is 0 Å². The van der Waals surface area contributed by atoms with Gasteiger partial charge in [-0.3, -0.25) is 9.69 Å². The van der Waals surface area contributed by atoms with E-state index >= 15 is 0 Å². The van der Waals surface area contributed by atoms with E-state index in [0.717, 1.165) is 28.6 Å². The molecule has 130 valence electrons. The van der Waals surface area contributed by atoms with Crippen molar-refractivity contribution in [2.75, 3.05) is 33.9 Å². The van der Waals surface area contributed by atoms with E-state index in [4.69, 9.17) is 16.3 Å². The molecule has 5 nitrogen and oxygen atoms in total. The first kappa shape index (κ1) is 18.6. The normalized spacial score (nSPS) is 11.2. The Kier molecular flexibility index (Phi) is 6.97. The number of amides is 1. The van der Waals surface area contributed by atoms with Crippen molar-refractivity contribution in [3.8, 4) is 0 Å². The summed E-state index contributed by atoms with van der Waals surface area (Å²) in [6, 6.07) is 7.94. The number of hydrogen-bond acceptors (Lipinski definition) is 4. The number of carbonyl (C=O) groups is 1. The smallest absolute Gasteiger partial charge is 0.234 e. The number of ether oxygens (including phenoxy) is 1. The van der Waals surface area contributed by atoms with Gasteiger partial charge in [0, 0.05) is 32.2 Å². The van der Waals surface area contributed by atoms with Crippen molar-refractivity contribution < 1.29 is 9.53 Å². The summed E-state index contributed by atoms with van der Waals surface area (Å²) < 4.78 is 4.96. The topological polar surface area (TPSA) is 54.5 Å². The summed E-state index contributed by atoms with van der Waals surface area (Å²) in [5, 5.41) is 4.60. The number of carbonyl (C=O) groups excluding carboxylic acids is 1. The molecule has 0 saturated carbocycles. The Morgan fingerprint density at radius 2 is 2.12 bits per heavy atom. The summed E-state index contributed by atoms with van der Waals surface area (Å²) >= 11 is 6.47. The van der Waals surface area contributed by atoms with Gasteiger partial charge in [-0.25, -0.2) is 4.98 Å². The summed E-state index contributed by atoms with van der Waals surface area (Å²) in [5.74, 6) is -0.0118. The van der Waals surface area contributed by atoms with E-state index in [9.17, 15) is 4.79 Å². The molecule has 1 heterocycles. The lowest BCUT2D eigenvalue weighted by atomic mass is 10.1. The van der Waals surface area contributed by atoms with Crippen LogP contribution in [0.2, 0.25) is 5.02 Å². The Hall–Kier alpha value is -1.69. The molecule has 0 aliphatic rings. The van der Waals surface area contributed by atoms with E-state index in [-0.39, 0.29) is 5.91 Å². The summed E-state index contributed by atoms with van der Waals surface area (Å²) in [4.78, 5) is 18.5. The van der Waals surface area contributed by atoms with Gasteiger partial charge in [0.05, 0.1) is 22.8 Å². The van der Waals surface area contributed by atoms with Crippen LogP contribution in [0.25, 0.3) is 10.9 Å². The molecule has 0 fully saturated rings. The van der Waals surface area contributed by atoms with Gasteiger partial charge < -0.3 is 10.1 Å². The average molecular weight is 350 g/mol. The molecule has 24 heavy (non-hydrogen) atoms. The van der Waals surface area contributed by atoms with Crippen LogP contribution in [0.1, 0.15) is 17.7 Å². The Morgan fingerprint density at radius 3 is 2.88 bits per heavy atom. The molecule has 0 radical (unpaired) electrons. The molecule has 0 aliphatic heterocycles. The maximum atomic E-state index is 11.9. The highest BCUT2D eigenvalue weighted by atomic mass is 35.5. The molecule has 0 spiro atoms. The molecular weight excluding hydrogens is 326 g/mol. The predicted molar refractivity (Wildman–Crippen MR) is 97.3 cm³/mol. The third kappa shape index (κ3) is 4.90. The van der Waals surface area contributed by atoms with Crippen molar-refractivity contribution in [1.82, 2.24) is 15.2 Å². The first-order chi connectivity index (χ1) is 11.5. The van der Waals surface area contributed by atoms with Gasteiger partial charge in [-0.1, -0.05) is 29.8 Å². The molecule has 6 heteroatoms. The predicted octanol–water partition coefficient (Wildman–Crippen LogP) is 2.78. The lowest BCUT2D eigenvalue weighted by Crippen LogP contribution is -2.35. The zero-order valence-corrected chi connectivity index (χ0v) is 15.2. The lowest BCUT2D eigenvalue weighted by molar-refractivity contribution is -0.122. The van der Waals surface area contributed by atoms with Crippen LogP contribution in [0.15, 0.2) is 24.3 Å². The number of methoxy groups -OCH3 is 1. The molecule has 0 aliphatic carbocycles. The second-order valence-corrected chi connectivity index (χ2v) is 6.26. The van der Waals surface area contributed by atoms with Crippen molar-refractivity contribution >= 4 is 28.4 Å². The third-order valence-electron chi connectivity index (χ3n) is 3.83. The minimum atomic E-state index is -0.0118. The highest BCUT2D eigenvalue weighted by Gasteiger charge is 2.13.